The fraction of sp³-hybridized carbons (Fsp3) is 0.267. The quantitative estimate of drug-likeness (QED) is 0.776. The Balaban J connectivity index is 1.80. The van der Waals surface area contributed by atoms with Crippen LogP contribution in [0.3, 0.4) is 0 Å². The zero-order valence-electron chi connectivity index (χ0n) is 12.1. The highest BCUT2D eigenvalue weighted by Gasteiger charge is 2.11. The van der Waals surface area contributed by atoms with Crippen LogP contribution in [0.5, 0.6) is 0 Å². The second kappa shape index (κ2) is 7.80. The molecule has 0 unspecified atom stereocenters. The summed E-state index contributed by atoms with van der Waals surface area (Å²) in [6.07, 6.45) is 1.13. The van der Waals surface area contributed by atoms with Gasteiger partial charge in [-0.2, -0.15) is 11.8 Å². The molecular formula is C15H17NO3S3. The zero-order valence-corrected chi connectivity index (χ0v) is 14.6. The predicted molar refractivity (Wildman–Crippen MR) is 92.4 cm³/mol. The van der Waals surface area contributed by atoms with Crippen LogP contribution in [0.25, 0.3) is 0 Å². The Bertz CT molecular complexity index is 724. The summed E-state index contributed by atoms with van der Waals surface area (Å²) in [5.74, 6) is 1.51. The number of thioether (sulfide) groups is 1. The summed E-state index contributed by atoms with van der Waals surface area (Å²) in [5, 5.41) is 4.85. The number of carbonyl (C=O) groups excluding carboxylic acids is 1. The molecule has 22 heavy (non-hydrogen) atoms. The maximum Gasteiger partial charge on any atom is 0.251 e. The third-order valence-corrected chi connectivity index (χ3v) is 6.06. The van der Waals surface area contributed by atoms with Crippen molar-refractivity contribution in [2.75, 3.05) is 18.6 Å². The van der Waals surface area contributed by atoms with Crippen LogP contribution in [-0.2, 0) is 15.6 Å². The lowest BCUT2D eigenvalue weighted by molar-refractivity contribution is 0.0956. The molecule has 0 radical (unpaired) electrons. The van der Waals surface area contributed by atoms with E-state index in [9.17, 15) is 13.2 Å². The van der Waals surface area contributed by atoms with E-state index < -0.39 is 9.84 Å². The summed E-state index contributed by atoms with van der Waals surface area (Å²) in [7, 11) is -3.30. The van der Waals surface area contributed by atoms with Gasteiger partial charge in [-0.15, -0.1) is 11.3 Å². The molecule has 0 aliphatic rings. The van der Waals surface area contributed by atoms with Gasteiger partial charge in [0.2, 0.25) is 0 Å². The number of thiophene rings is 1. The van der Waals surface area contributed by atoms with E-state index in [1.807, 2.05) is 11.4 Å². The molecule has 0 saturated carbocycles. The smallest absolute Gasteiger partial charge is 0.251 e. The molecule has 0 aliphatic carbocycles. The fourth-order valence-electron chi connectivity index (χ4n) is 1.77. The van der Waals surface area contributed by atoms with Gasteiger partial charge in [0.05, 0.1) is 4.90 Å². The molecule has 2 rings (SSSR count). The van der Waals surface area contributed by atoms with Crippen molar-refractivity contribution in [2.45, 2.75) is 10.6 Å². The van der Waals surface area contributed by atoms with Gasteiger partial charge in [0.15, 0.2) is 9.84 Å². The lowest BCUT2D eigenvalue weighted by Gasteiger charge is -2.06. The molecule has 2 aromatic rings. The van der Waals surface area contributed by atoms with Gasteiger partial charge in [0.1, 0.15) is 0 Å². The number of hydrogen-bond acceptors (Lipinski definition) is 5. The van der Waals surface area contributed by atoms with Crippen LogP contribution in [0.2, 0.25) is 0 Å². The van der Waals surface area contributed by atoms with Crippen molar-refractivity contribution in [3.8, 4) is 0 Å². The minimum Gasteiger partial charge on any atom is -0.351 e. The molecule has 1 aromatic carbocycles. The summed E-state index contributed by atoms with van der Waals surface area (Å²) in [5.41, 5.74) is 0.367. The second-order valence-electron chi connectivity index (χ2n) is 4.69. The maximum atomic E-state index is 12.0. The van der Waals surface area contributed by atoms with Crippen LogP contribution in [0, 0.1) is 0 Å². The van der Waals surface area contributed by atoms with Gasteiger partial charge in [0, 0.05) is 34.7 Å². The molecule has 1 N–H and O–H groups in total. The van der Waals surface area contributed by atoms with Crippen LogP contribution in [-0.4, -0.2) is 32.9 Å². The average molecular weight is 356 g/mol. The van der Waals surface area contributed by atoms with Gasteiger partial charge >= 0.3 is 0 Å². The lowest BCUT2D eigenvalue weighted by Crippen LogP contribution is -2.25. The molecule has 0 fully saturated rings. The van der Waals surface area contributed by atoms with Crippen molar-refractivity contribution in [1.82, 2.24) is 5.32 Å². The normalized spacial score (nSPS) is 11.3. The fourth-order valence-corrected chi connectivity index (χ4v) is 4.14. The molecular weight excluding hydrogens is 338 g/mol. The van der Waals surface area contributed by atoms with E-state index in [1.165, 1.54) is 17.0 Å². The van der Waals surface area contributed by atoms with Crippen molar-refractivity contribution < 1.29 is 13.2 Å². The Morgan fingerprint density at radius 3 is 2.77 bits per heavy atom. The summed E-state index contributed by atoms with van der Waals surface area (Å²) in [6.45, 7) is 0.554. The predicted octanol–water partition coefficient (Wildman–Crippen LogP) is 2.81. The third kappa shape index (κ3) is 5.15. The van der Waals surface area contributed by atoms with Crippen LogP contribution >= 0.6 is 23.1 Å². The highest BCUT2D eigenvalue weighted by Crippen LogP contribution is 2.16. The molecule has 1 heterocycles. The third-order valence-electron chi connectivity index (χ3n) is 2.88. The molecule has 0 saturated heterocycles. The first-order valence-corrected chi connectivity index (χ1v) is 10.6. The Hall–Kier alpha value is -1.31. The molecule has 0 atom stereocenters. The minimum absolute atomic E-state index is 0.159. The summed E-state index contributed by atoms with van der Waals surface area (Å²) in [4.78, 5) is 13.5. The van der Waals surface area contributed by atoms with Crippen LogP contribution in [0.1, 0.15) is 15.2 Å². The summed E-state index contributed by atoms with van der Waals surface area (Å²) in [6, 6.07) is 10.2. The van der Waals surface area contributed by atoms with Gasteiger partial charge in [0.25, 0.3) is 5.91 Å². The highest BCUT2D eigenvalue weighted by atomic mass is 32.2. The molecule has 118 valence electrons. The van der Waals surface area contributed by atoms with Crippen LogP contribution in [0.15, 0.2) is 46.7 Å². The molecule has 1 aromatic heterocycles. The van der Waals surface area contributed by atoms with E-state index >= 15 is 0 Å². The van der Waals surface area contributed by atoms with Crippen LogP contribution in [0.4, 0.5) is 0 Å². The number of nitrogens with one attached hydrogen (secondary N) is 1. The topological polar surface area (TPSA) is 63.2 Å². The van der Waals surface area contributed by atoms with E-state index in [4.69, 9.17) is 0 Å². The zero-order chi connectivity index (χ0) is 16.0. The number of carbonyl (C=O) groups is 1. The van der Waals surface area contributed by atoms with E-state index in [1.54, 1.807) is 35.2 Å². The molecule has 1 amide bonds. The molecule has 7 heteroatoms. The van der Waals surface area contributed by atoms with Crippen molar-refractivity contribution in [2.24, 2.45) is 0 Å². The summed E-state index contributed by atoms with van der Waals surface area (Å²) < 4.78 is 23.0. The molecule has 0 aliphatic heterocycles. The van der Waals surface area contributed by atoms with Crippen molar-refractivity contribution in [3.63, 3.8) is 0 Å². The SMILES string of the molecule is CS(=O)(=O)c1cccc(C(=O)NCCSCc2cccs2)c1. The minimum atomic E-state index is -3.30. The van der Waals surface area contributed by atoms with Gasteiger partial charge < -0.3 is 5.32 Å². The van der Waals surface area contributed by atoms with E-state index in [-0.39, 0.29) is 10.8 Å². The van der Waals surface area contributed by atoms with Crippen molar-refractivity contribution in [1.29, 1.82) is 0 Å². The number of sulfone groups is 1. The van der Waals surface area contributed by atoms with Gasteiger partial charge in [-0.25, -0.2) is 8.42 Å². The molecule has 0 bridgehead atoms. The standard InChI is InChI=1S/C15H17NO3S3/c1-22(18,19)14-6-2-4-12(10-14)15(17)16-7-9-20-11-13-5-3-8-21-13/h2-6,8,10H,7,9,11H2,1H3,(H,16,17). The van der Waals surface area contributed by atoms with E-state index in [2.05, 4.69) is 11.4 Å². The Kier molecular flexibility index (Phi) is 6.05. The van der Waals surface area contributed by atoms with E-state index in [0.717, 1.165) is 17.8 Å². The maximum absolute atomic E-state index is 12.0. The number of hydrogen-bond donors (Lipinski definition) is 1. The Labute approximate surface area is 138 Å². The van der Waals surface area contributed by atoms with Crippen molar-refractivity contribution >= 4 is 38.8 Å². The number of amides is 1. The van der Waals surface area contributed by atoms with Crippen molar-refractivity contribution in [3.05, 3.63) is 52.2 Å². The second-order valence-corrected chi connectivity index (χ2v) is 8.84. The van der Waals surface area contributed by atoms with Crippen LogP contribution < -0.4 is 5.32 Å². The largest absolute Gasteiger partial charge is 0.351 e. The van der Waals surface area contributed by atoms with Gasteiger partial charge in [-0.3, -0.25) is 4.79 Å². The number of benzene rings is 1. The van der Waals surface area contributed by atoms with E-state index in [0.29, 0.717) is 12.1 Å². The lowest BCUT2D eigenvalue weighted by atomic mass is 10.2. The number of rotatable bonds is 7. The highest BCUT2D eigenvalue weighted by molar-refractivity contribution is 7.98. The van der Waals surface area contributed by atoms with Gasteiger partial charge in [-0.05, 0) is 29.6 Å². The van der Waals surface area contributed by atoms with Gasteiger partial charge in [-0.1, -0.05) is 12.1 Å². The Morgan fingerprint density at radius 1 is 1.27 bits per heavy atom. The average Bonchev–Trinajstić information content (AvgIpc) is 2.99. The first kappa shape index (κ1) is 17.1. The first-order valence-electron chi connectivity index (χ1n) is 6.65. The molecule has 0 spiro atoms. The monoisotopic (exact) mass is 355 g/mol. The Morgan fingerprint density at radius 2 is 2.09 bits per heavy atom. The molecule has 4 nitrogen and oxygen atoms in total. The first-order chi connectivity index (χ1) is 10.5. The summed E-state index contributed by atoms with van der Waals surface area (Å²) >= 11 is 3.48.